The summed E-state index contributed by atoms with van der Waals surface area (Å²) >= 11 is 1.99. The Balaban J connectivity index is 2.23. The van der Waals surface area contributed by atoms with Gasteiger partial charge in [-0.25, -0.2) is 0 Å². The fourth-order valence-corrected chi connectivity index (χ4v) is 2.98. The van der Waals surface area contributed by atoms with Crippen molar-refractivity contribution in [3.05, 3.63) is 29.8 Å². The molecule has 1 aromatic carbocycles. The first-order valence-corrected chi connectivity index (χ1v) is 6.27. The molecule has 0 spiro atoms. The van der Waals surface area contributed by atoms with Crippen molar-refractivity contribution >= 4 is 17.4 Å². The second-order valence-corrected chi connectivity index (χ2v) is 5.76. The second-order valence-electron chi connectivity index (χ2n) is 4.25. The summed E-state index contributed by atoms with van der Waals surface area (Å²) in [4.78, 5) is 2.24. The zero-order valence-electron chi connectivity index (χ0n) is 9.58. The van der Waals surface area contributed by atoms with Crippen molar-refractivity contribution in [3.63, 3.8) is 0 Å². The highest BCUT2D eigenvalue weighted by Crippen LogP contribution is 2.37. The molecule has 1 saturated heterocycles. The molecule has 1 aromatic rings. The Morgan fingerprint density at radius 3 is 2.40 bits per heavy atom. The third-order valence-electron chi connectivity index (χ3n) is 2.89. The summed E-state index contributed by atoms with van der Waals surface area (Å²) in [6, 6.07) is 8.81. The van der Waals surface area contributed by atoms with E-state index < -0.39 is 0 Å². The zero-order valence-corrected chi connectivity index (χ0v) is 10.4. The lowest BCUT2D eigenvalue weighted by Crippen LogP contribution is -2.30. The SMILES string of the molecule is CN(C)c1ccc(C2(C)NCCS2)cc1. The fraction of sp³-hybridized carbons (Fsp3) is 0.500. The first-order valence-electron chi connectivity index (χ1n) is 5.29. The number of thioether (sulfide) groups is 1. The van der Waals surface area contributed by atoms with Gasteiger partial charge in [0.1, 0.15) is 0 Å². The zero-order chi connectivity index (χ0) is 10.9. The van der Waals surface area contributed by atoms with Crippen molar-refractivity contribution < 1.29 is 0 Å². The standard InChI is InChI=1S/C12H18N2S/c1-12(13-8-9-15-12)10-4-6-11(7-5-10)14(2)3/h4-7,13H,8-9H2,1-3H3. The summed E-state index contributed by atoms with van der Waals surface area (Å²) in [5, 5.41) is 3.55. The van der Waals surface area contributed by atoms with Crippen LogP contribution < -0.4 is 10.2 Å². The minimum atomic E-state index is 0.116. The Bertz CT molecular complexity index is 326. The molecule has 1 N–H and O–H groups in total. The molecule has 1 aliphatic rings. The molecule has 82 valence electrons. The van der Waals surface area contributed by atoms with Crippen LogP contribution in [0.2, 0.25) is 0 Å². The summed E-state index contributed by atoms with van der Waals surface area (Å²) in [5.74, 6) is 1.20. The molecule has 0 aliphatic carbocycles. The van der Waals surface area contributed by atoms with Crippen LogP contribution in [0.4, 0.5) is 5.69 Å². The Morgan fingerprint density at radius 2 is 1.93 bits per heavy atom. The monoisotopic (exact) mass is 222 g/mol. The van der Waals surface area contributed by atoms with Gasteiger partial charge in [0.05, 0.1) is 4.87 Å². The number of nitrogens with one attached hydrogen (secondary N) is 1. The summed E-state index contributed by atoms with van der Waals surface area (Å²) in [6.45, 7) is 3.37. The predicted molar refractivity (Wildman–Crippen MR) is 68.6 cm³/mol. The van der Waals surface area contributed by atoms with Crippen molar-refractivity contribution in [1.82, 2.24) is 5.32 Å². The molecular formula is C12H18N2S. The van der Waals surface area contributed by atoms with Gasteiger partial charge in [-0.05, 0) is 24.6 Å². The molecule has 1 fully saturated rings. The third kappa shape index (κ3) is 2.13. The molecule has 0 amide bonds. The van der Waals surface area contributed by atoms with Crippen LogP contribution in [0.1, 0.15) is 12.5 Å². The van der Waals surface area contributed by atoms with Gasteiger partial charge in [0.25, 0.3) is 0 Å². The number of nitrogens with zero attached hydrogens (tertiary/aromatic N) is 1. The van der Waals surface area contributed by atoms with Gasteiger partial charge in [0.2, 0.25) is 0 Å². The molecule has 1 aliphatic heterocycles. The minimum Gasteiger partial charge on any atom is -0.378 e. The normalized spacial score (nSPS) is 25.5. The second kappa shape index (κ2) is 4.06. The summed E-state index contributed by atoms with van der Waals surface area (Å²) in [6.07, 6.45) is 0. The number of anilines is 1. The van der Waals surface area contributed by atoms with E-state index in [0.717, 1.165) is 6.54 Å². The van der Waals surface area contributed by atoms with Crippen LogP contribution in [-0.4, -0.2) is 26.4 Å². The van der Waals surface area contributed by atoms with Crippen LogP contribution in [0, 0.1) is 0 Å². The van der Waals surface area contributed by atoms with E-state index in [2.05, 4.69) is 55.5 Å². The summed E-state index contributed by atoms with van der Waals surface area (Å²) in [5.41, 5.74) is 2.63. The molecule has 1 atom stereocenters. The molecule has 0 saturated carbocycles. The van der Waals surface area contributed by atoms with Crippen molar-refractivity contribution in [2.24, 2.45) is 0 Å². The highest BCUT2D eigenvalue weighted by atomic mass is 32.2. The Morgan fingerprint density at radius 1 is 1.27 bits per heavy atom. The van der Waals surface area contributed by atoms with Crippen molar-refractivity contribution in [3.8, 4) is 0 Å². The third-order valence-corrected chi connectivity index (χ3v) is 4.26. The van der Waals surface area contributed by atoms with Crippen LogP contribution in [0.25, 0.3) is 0 Å². The van der Waals surface area contributed by atoms with Crippen LogP contribution in [0.3, 0.4) is 0 Å². The van der Waals surface area contributed by atoms with Crippen LogP contribution in [0.15, 0.2) is 24.3 Å². The highest BCUT2D eigenvalue weighted by Gasteiger charge is 2.30. The van der Waals surface area contributed by atoms with Gasteiger partial charge >= 0.3 is 0 Å². The molecule has 2 nitrogen and oxygen atoms in total. The quantitative estimate of drug-likeness (QED) is 0.826. The average Bonchev–Trinajstić information content (AvgIpc) is 2.67. The van der Waals surface area contributed by atoms with Crippen LogP contribution in [0.5, 0.6) is 0 Å². The number of benzene rings is 1. The first-order chi connectivity index (χ1) is 7.12. The maximum Gasteiger partial charge on any atom is 0.0873 e. The molecule has 0 bridgehead atoms. The van der Waals surface area contributed by atoms with E-state index in [1.165, 1.54) is 17.0 Å². The average molecular weight is 222 g/mol. The van der Waals surface area contributed by atoms with Gasteiger partial charge in [0.15, 0.2) is 0 Å². The smallest absolute Gasteiger partial charge is 0.0873 e. The van der Waals surface area contributed by atoms with Crippen LogP contribution >= 0.6 is 11.8 Å². The summed E-state index contributed by atoms with van der Waals surface area (Å²) in [7, 11) is 4.14. The van der Waals surface area contributed by atoms with Gasteiger partial charge in [-0.3, -0.25) is 5.32 Å². The molecule has 1 heterocycles. The number of hydrogen-bond acceptors (Lipinski definition) is 3. The van der Waals surface area contributed by atoms with Crippen molar-refractivity contribution in [2.45, 2.75) is 11.8 Å². The van der Waals surface area contributed by atoms with Crippen molar-refractivity contribution in [1.29, 1.82) is 0 Å². The Labute approximate surface area is 96.0 Å². The lowest BCUT2D eigenvalue weighted by Gasteiger charge is -2.24. The maximum atomic E-state index is 3.55. The van der Waals surface area contributed by atoms with E-state index in [9.17, 15) is 0 Å². The van der Waals surface area contributed by atoms with Gasteiger partial charge in [-0.15, -0.1) is 11.8 Å². The number of rotatable bonds is 2. The Hall–Kier alpha value is -0.670. The van der Waals surface area contributed by atoms with Crippen molar-refractivity contribution in [2.75, 3.05) is 31.3 Å². The van der Waals surface area contributed by atoms with Gasteiger partial charge in [0, 0.05) is 32.1 Å². The molecule has 0 radical (unpaired) electrons. The predicted octanol–water partition coefficient (Wildman–Crippen LogP) is 2.26. The van der Waals surface area contributed by atoms with Crippen LogP contribution in [-0.2, 0) is 4.87 Å². The Kier molecular flexibility index (Phi) is 2.94. The lowest BCUT2D eigenvalue weighted by atomic mass is 10.1. The van der Waals surface area contributed by atoms with Gasteiger partial charge in [-0.1, -0.05) is 12.1 Å². The molecule has 15 heavy (non-hydrogen) atoms. The van der Waals surface area contributed by atoms with Gasteiger partial charge in [-0.2, -0.15) is 0 Å². The van der Waals surface area contributed by atoms with Gasteiger partial charge < -0.3 is 4.90 Å². The van der Waals surface area contributed by atoms with E-state index in [0.29, 0.717) is 0 Å². The van der Waals surface area contributed by atoms with E-state index in [1.54, 1.807) is 0 Å². The van der Waals surface area contributed by atoms with E-state index in [4.69, 9.17) is 0 Å². The fourth-order valence-electron chi connectivity index (χ4n) is 1.86. The number of hydrogen-bond donors (Lipinski definition) is 1. The first kappa shape index (κ1) is 10.8. The van der Waals surface area contributed by atoms with E-state index >= 15 is 0 Å². The molecule has 2 rings (SSSR count). The lowest BCUT2D eigenvalue weighted by molar-refractivity contribution is 0.575. The van der Waals surface area contributed by atoms with E-state index in [1.807, 2.05) is 11.8 Å². The molecule has 3 heteroatoms. The minimum absolute atomic E-state index is 0.116. The topological polar surface area (TPSA) is 15.3 Å². The largest absolute Gasteiger partial charge is 0.378 e. The molecular weight excluding hydrogens is 204 g/mol. The molecule has 1 unspecified atom stereocenters. The highest BCUT2D eigenvalue weighted by molar-refractivity contribution is 8.00. The molecule has 0 aromatic heterocycles. The van der Waals surface area contributed by atoms with E-state index in [-0.39, 0.29) is 4.87 Å². The summed E-state index contributed by atoms with van der Waals surface area (Å²) < 4.78 is 0. The maximum absolute atomic E-state index is 3.55.